The van der Waals surface area contributed by atoms with Gasteiger partial charge in [0.2, 0.25) is 12.1 Å². The number of carbonyl (C=O) groups is 8. The molecule has 56 heavy (non-hydrogen) atoms. The molecule has 2 aliphatic heterocycles. The van der Waals surface area contributed by atoms with E-state index < -0.39 is 122 Å². The second kappa shape index (κ2) is 20.5. The molecular weight excluding hydrogens is 766 g/mol. The van der Waals surface area contributed by atoms with Gasteiger partial charge < -0.3 is 53.8 Å². The zero-order valence-corrected chi connectivity index (χ0v) is 31.2. The molecule has 28 heteroatoms. The van der Waals surface area contributed by atoms with Crippen LogP contribution in [0.1, 0.15) is 34.6 Å². The molecule has 0 saturated carbocycles. The van der Waals surface area contributed by atoms with Gasteiger partial charge in [-0.3, -0.25) is 24.0 Å². The number of rotatable bonds is 16. The van der Waals surface area contributed by atoms with Gasteiger partial charge in [-0.1, -0.05) is 0 Å². The third-order valence-corrected chi connectivity index (χ3v) is 7.50. The predicted octanol–water partition coefficient (Wildman–Crippen LogP) is -1.55. The van der Waals surface area contributed by atoms with Gasteiger partial charge in [-0.15, -0.1) is 14.7 Å². The fraction of sp³-hybridized carbons (Fsp3) is 0.714. The van der Waals surface area contributed by atoms with E-state index in [1.165, 1.54) is 0 Å². The van der Waals surface area contributed by atoms with Crippen molar-refractivity contribution in [2.75, 3.05) is 40.8 Å². The molecule has 3 N–H and O–H groups in total. The summed E-state index contributed by atoms with van der Waals surface area (Å²) < 4.78 is 45.6. The lowest BCUT2D eigenvalue weighted by atomic mass is 9.97. The topological polar surface area (TPSA) is 344 Å². The van der Waals surface area contributed by atoms with Crippen molar-refractivity contribution in [1.29, 1.82) is 0 Å². The summed E-state index contributed by atoms with van der Waals surface area (Å²) in [4.78, 5) is 133. The SMILES string of the molecule is CC(=O)O[C@@H]1[C@@H](OC(C)=O)[C@@H](O[C@]2(CNC(=O)N(C)N=O)O[C@H](CNC(=O)N(C)N=O)[C@@H](OC(C)=O)[C@@H]2OC(C)=O)O[C@H](CNC(=O)N(C)N=O)[C@H]1OC(C)=O. The first-order chi connectivity index (χ1) is 26.2. The summed E-state index contributed by atoms with van der Waals surface area (Å²) in [5.41, 5.74) is 0. The number of nitrogens with zero attached hydrogens (tertiary/aromatic N) is 6. The molecule has 0 aromatic heterocycles. The monoisotopic (exact) mass is 807 g/mol. The molecule has 0 aromatic rings. The Labute approximate surface area is 316 Å². The standard InChI is InChI=1S/C28H41N9O19/c1-12(38)49-19-17(9-29-25(43)35(6)32-46)54-24(22(52-15(4)41)21(19)51-14(3)40)56-28(11-31-27(45)37(8)34-48)23(53-16(5)42)20(50-13(2)39)18(55-28)10-30-26(44)36(7)33-47/h17-24H,9-11H2,1-8H3,(H,29,43)(H,30,44)(H,31,45)/t17-,18-,19-,20-,21+,22-,23+,24-,28+/m1/s1. The average Bonchev–Trinajstić information content (AvgIpc) is 3.39. The van der Waals surface area contributed by atoms with Crippen molar-refractivity contribution in [3.63, 3.8) is 0 Å². The van der Waals surface area contributed by atoms with Crippen LogP contribution in [0.2, 0.25) is 0 Å². The minimum atomic E-state index is -2.68. The third-order valence-electron chi connectivity index (χ3n) is 7.50. The molecule has 28 nitrogen and oxygen atoms in total. The van der Waals surface area contributed by atoms with Crippen molar-refractivity contribution in [1.82, 2.24) is 31.0 Å². The van der Waals surface area contributed by atoms with Gasteiger partial charge in [-0.2, -0.15) is 15.0 Å². The average molecular weight is 808 g/mol. The van der Waals surface area contributed by atoms with Gasteiger partial charge in [0.1, 0.15) is 12.2 Å². The highest BCUT2D eigenvalue weighted by Crippen LogP contribution is 2.40. The van der Waals surface area contributed by atoms with E-state index in [4.69, 9.17) is 37.9 Å². The van der Waals surface area contributed by atoms with Gasteiger partial charge >= 0.3 is 47.9 Å². The maximum atomic E-state index is 12.8. The maximum Gasteiger partial charge on any atom is 0.340 e. The maximum absolute atomic E-state index is 12.8. The van der Waals surface area contributed by atoms with E-state index >= 15 is 0 Å². The minimum absolute atomic E-state index is 0.288. The van der Waals surface area contributed by atoms with Crippen LogP contribution in [0, 0.1) is 14.7 Å². The second-order valence-corrected chi connectivity index (χ2v) is 11.8. The molecule has 0 spiro atoms. The van der Waals surface area contributed by atoms with Crippen molar-refractivity contribution in [2.24, 2.45) is 15.9 Å². The first-order valence-electron chi connectivity index (χ1n) is 16.1. The highest BCUT2D eigenvalue weighted by atomic mass is 16.8. The summed E-state index contributed by atoms with van der Waals surface area (Å²) >= 11 is 0. The molecule has 2 rings (SSSR count). The van der Waals surface area contributed by atoms with Crippen LogP contribution in [0.15, 0.2) is 15.9 Å². The van der Waals surface area contributed by atoms with E-state index in [-0.39, 0.29) is 5.01 Å². The van der Waals surface area contributed by atoms with Crippen LogP contribution in [0.3, 0.4) is 0 Å². The molecule has 0 aromatic carbocycles. The van der Waals surface area contributed by atoms with Gasteiger partial charge in [0, 0.05) is 68.9 Å². The summed E-state index contributed by atoms with van der Waals surface area (Å²) in [6.07, 6.45) is -14.5. The van der Waals surface area contributed by atoms with Crippen LogP contribution in [0.5, 0.6) is 0 Å². The van der Waals surface area contributed by atoms with E-state index in [1.807, 2.05) is 0 Å². The Balaban J connectivity index is 2.88. The molecule has 0 bridgehead atoms. The van der Waals surface area contributed by atoms with Gasteiger partial charge in [-0.05, 0) is 0 Å². The zero-order valence-electron chi connectivity index (χ0n) is 31.2. The Morgan fingerprint density at radius 2 is 0.946 bits per heavy atom. The number of hydrogen-bond acceptors (Lipinski definition) is 22. The Morgan fingerprint density at radius 1 is 0.554 bits per heavy atom. The molecule has 0 radical (unpaired) electrons. The molecule has 2 saturated heterocycles. The van der Waals surface area contributed by atoms with Crippen molar-refractivity contribution in [2.45, 2.75) is 89.4 Å². The van der Waals surface area contributed by atoms with Crippen LogP contribution in [-0.2, 0) is 61.9 Å². The Kier molecular flexibility index (Phi) is 16.8. The van der Waals surface area contributed by atoms with Crippen LogP contribution in [0.4, 0.5) is 14.4 Å². The highest BCUT2D eigenvalue weighted by molar-refractivity contribution is 5.74. The van der Waals surface area contributed by atoms with Crippen LogP contribution in [-0.4, -0.2) is 159 Å². The number of amides is 6. The van der Waals surface area contributed by atoms with E-state index in [2.05, 4.69) is 31.8 Å². The van der Waals surface area contributed by atoms with E-state index in [9.17, 15) is 53.1 Å². The summed E-state index contributed by atoms with van der Waals surface area (Å²) in [6, 6.07) is -3.40. The van der Waals surface area contributed by atoms with Crippen molar-refractivity contribution in [3.05, 3.63) is 14.7 Å². The number of carbonyl (C=O) groups excluding carboxylic acids is 8. The number of esters is 5. The number of nitroso groups, excluding NO2 is 3. The second-order valence-electron chi connectivity index (χ2n) is 11.8. The van der Waals surface area contributed by atoms with Gasteiger partial charge in [0.15, 0.2) is 30.5 Å². The van der Waals surface area contributed by atoms with E-state index in [1.54, 1.807) is 0 Å². The van der Waals surface area contributed by atoms with Crippen LogP contribution in [0.25, 0.3) is 0 Å². The zero-order chi connectivity index (χ0) is 42.5. The smallest absolute Gasteiger partial charge is 0.340 e. The largest absolute Gasteiger partial charge is 0.456 e. The predicted molar refractivity (Wildman–Crippen MR) is 176 cm³/mol. The number of nitrogens with one attached hydrogen (secondary N) is 3. The van der Waals surface area contributed by atoms with Gasteiger partial charge in [-0.25, -0.2) is 14.4 Å². The Hall–Kier alpha value is -6.16. The summed E-state index contributed by atoms with van der Waals surface area (Å²) in [5, 5.41) is 15.1. The van der Waals surface area contributed by atoms with Crippen LogP contribution < -0.4 is 16.0 Å². The molecule has 9 atom stereocenters. The fourth-order valence-corrected chi connectivity index (χ4v) is 5.28. The summed E-state index contributed by atoms with van der Waals surface area (Å²) in [6.45, 7) is 2.39. The summed E-state index contributed by atoms with van der Waals surface area (Å²) in [5.74, 6) is -7.82. The van der Waals surface area contributed by atoms with Crippen molar-refractivity contribution in [3.8, 4) is 0 Å². The first-order valence-corrected chi connectivity index (χ1v) is 16.1. The number of ether oxygens (including phenoxy) is 8. The van der Waals surface area contributed by atoms with E-state index in [0.717, 1.165) is 55.8 Å². The minimum Gasteiger partial charge on any atom is -0.456 e. The number of hydrogen-bond donors (Lipinski definition) is 3. The van der Waals surface area contributed by atoms with E-state index in [0.29, 0.717) is 10.0 Å². The third kappa shape index (κ3) is 12.4. The quantitative estimate of drug-likeness (QED) is 0.0687. The molecule has 0 unspecified atom stereocenters. The molecule has 2 fully saturated rings. The molecule has 6 amide bonds. The molecular formula is C28H41N9O19. The van der Waals surface area contributed by atoms with Crippen molar-refractivity contribution >= 4 is 47.9 Å². The van der Waals surface area contributed by atoms with Crippen molar-refractivity contribution < 1.29 is 76.3 Å². The molecule has 0 aliphatic carbocycles. The Bertz CT molecular complexity index is 1540. The number of urea groups is 3. The molecule has 2 aliphatic rings. The lowest BCUT2D eigenvalue weighted by Gasteiger charge is -2.47. The first kappa shape index (κ1) is 46.0. The molecule has 312 valence electrons. The van der Waals surface area contributed by atoms with Crippen LogP contribution >= 0.6 is 0 Å². The normalized spacial score (nSPS) is 26.5. The Morgan fingerprint density at radius 3 is 1.39 bits per heavy atom. The van der Waals surface area contributed by atoms with Gasteiger partial charge in [0.05, 0.1) is 22.4 Å². The van der Waals surface area contributed by atoms with Gasteiger partial charge in [0.25, 0.3) is 0 Å². The fourth-order valence-electron chi connectivity index (χ4n) is 5.28. The highest BCUT2D eigenvalue weighted by Gasteiger charge is 2.64. The lowest BCUT2D eigenvalue weighted by Crippen LogP contribution is -2.67. The molecule has 2 heterocycles. The lowest BCUT2D eigenvalue weighted by molar-refractivity contribution is -0.373. The summed E-state index contributed by atoms with van der Waals surface area (Å²) in [7, 11) is 2.93.